The molecule has 1 aromatic heterocycles. The normalized spacial score (nSPS) is 18.8. The number of nitrogens with zero attached hydrogens (tertiary/aromatic N) is 1. The van der Waals surface area contributed by atoms with E-state index in [1.54, 1.807) is 36.4 Å². The van der Waals surface area contributed by atoms with Crippen molar-refractivity contribution in [2.75, 3.05) is 18.1 Å². The molecule has 2 aromatic rings. The Labute approximate surface area is 151 Å². The van der Waals surface area contributed by atoms with E-state index in [9.17, 15) is 13.2 Å². The highest BCUT2D eigenvalue weighted by molar-refractivity contribution is 7.91. The van der Waals surface area contributed by atoms with Crippen LogP contribution in [-0.4, -0.2) is 43.4 Å². The molecule has 0 N–H and O–H groups in total. The molecule has 6 nitrogen and oxygen atoms in total. The molecule has 1 fully saturated rings. The summed E-state index contributed by atoms with van der Waals surface area (Å²) in [7, 11) is -3.11. The number of carbonyl (C=O) groups excluding carboxylic acids is 1. The van der Waals surface area contributed by atoms with Gasteiger partial charge in [0.25, 0.3) is 5.91 Å². The van der Waals surface area contributed by atoms with Gasteiger partial charge in [0.1, 0.15) is 11.5 Å². The lowest BCUT2D eigenvalue weighted by Gasteiger charge is -2.27. The van der Waals surface area contributed by atoms with Gasteiger partial charge in [-0.05, 0) is 36.8 Å². The van der Waals surface area contributed by atoms with Gasteiger partial charge in [-0.3, -0.25) is 4.79 Å². The van der Waals surface area contributed by atoms with Gasteiger partial charge in [-0.25, -0.2) is 8.42 Å². The van der Waals surface area contributed by atoms with Crippen molar-refractivity contribution in [3.63, 3.8) is 0 Å². The summed E-state index contributed by atoms with van der Waals surface area (Å²) >= 11 is 5.90. The third-order valence-electron chi connectivity index (χ3n) is 4.03. The Morgan fingerprint density at radius 3 is 2.80 bits per heavy atom. The van der Waals surface area contributed by atoms with Crippen molar-refractivity contribution in [2.45, 2.75) is 19.0 Å². The first-order chi connectivity index (χ1) is 11.9. The van der Waals surface area contributed by atoms with Crippen LogP contribution >= 0.6 is 11.6 Å². The van der Waals surface area contributed by atoms with Crippen LogP contribution in [0.2, 0.25) is 5.02 Å². The molecule has 8 heteroatoms. The van der Waals surface area contributed by atoms with E-state index in [0.29, 0.717) is 23.0 Å². The van der Waals surface area contributed by atoms with Crippen molar-refractivity contribution in [1.29, 1.82) is 0 Å². The van der Waals surface area contributed by atoms with Crippen LogP contribution in [0.3, 0.4) is 0 Å². The minimum Gasteiger partial charge on any atom is -0.484 e. The molecule has 1 amide bonds. The van der Waals surface area contributed by atoms with Crippen LogP contribution in [0.4, 0.5) is 0 Å². The number of hydrogen-bond acceptors (Lipinski definition) is 5. The summed E-state index contributed by atoms with van der Waals surface area (Å²) in [6.07, 6.45) is 1.94. The van der Waals surface area contributed by atoms with Crippen molar-refractivity contribution in [3.8, 4) is 5.75 Å². The van der Waals surface area contributed by atoms with Crippen molar-refractivity contribution in [2.24, 2.45) is 0 Å². The minimum atomic E-state index is -3.11. The number of halogens is 1. The minimum absolute atomic E-state index is 0.0311. The van der Waals surface area contributed by atoms with Crippen LogP contribution in [0.5, 0.6) is 5.75 Å². The topological polar surface area (TPSA) is 76.8 Å². The SMILES string of the molecule is O=C(COc1cccc(Cl)c1)N(Cc1ccco1)C1CCS(=O)(=O)C1. The van der Waals surface area contributed by atoms with Gasteiger partial charge in [-0.1, -0.05) is 17.7 Å². The highest BCUT2D eigenvalue weighted by Gasteiger charge is 2.35. The molecule has 0 spiro atoms. The molecular weight excluding hydrogens is 366 g/mol. The number of amides is 1. The summed E-state index contributed by atoms with van der Waals surface area (Å²) in [6.45, 7) is 0.0164. The predicted molar refractivity (Wildman–Crippen MR) is 93.3 cm³/mol. The molecule has 0 bridgehead atoms. The summed E-state index contributed by atoms with van der Waals surface area (Å²) in [6, 6.07) is 9.87. The Morgan fingerprint density at radius 1 is 1.32 bits per heavy atom. The van der Waals surface area contributed by atoms with Crippen LogP contribution in [0, 0.1) is 0 Å². The lowest BCUT2D eigenvalue weighted by Crippen LogP contribution is -2.43. The molecule has 25 heavy (non-hydrogen) atoms. The molecular formula is C17H18ClNO5S. The highest BCUT2D eigenvalue weighted by Crippen LogP contribution is 2.22. The molecule has 134 valence electrons. The zero-order valence-electron chi connectivity index (χ0n) is 13.4. The number of sulfone groups is 1. The molecule has 0 saturated carbocycles. The van der Waals surface area contributed by atoms with Gasteiger partial charge >= 0.3 is 0 Å². The molecule has 0 radical (unpaired) electrons. The average molecular weight is 384 g/mol. The molecule has 1 atom stereocenters. The number of hydrogen-bond donors (Lipinski definition) is 0. The fourth-order valence-corrected chi connectivity index (χ4v) is 4.71. The number of rotatable bonds is 6. The van der Waals surface area contributed by atoms with E-state index < -0.39 is 9.84 Å². The van der Waals surface area contributed by atoms with Gasteiger partial charge in [0.2, 0.25) is 0 Å². The Kier molecular flexibility index (Phi) is 5.34. The first-order valence-electron chi connectivity index (χ1n) is 7.83. The second kappa shape index (κ2) is 7.49. The standard InChI is InChI=1S/C17H18ClNO5S/c18-13-3-1-4-15(9-13)24-11-17(20)19(10-16-5-2-7-23-16)14-6-8-25(21,22)12-14/h1-5,7,9,14H,6,8,10-12H2. The Bertz CT molecular complexity index is 834. The van der Waals surface area contributed by atoms with E-state index in [4.69, 9.17) is 20.8 Å². The second-order valence-corrected chi connectivity index (χ2v) is 8.57. The summed E-state index contributed by atoms with van der Waals surface area (Å²) in [5.74, 6) is 0.850. The van der Waals surface area contributed by atoms with Gasteiger partial charge in [0.05, 0.1) is 24.3 Å². The van der Waals surface area contributed by atoms with Crippen molar-refractivity contribution < 1.29 is 22.4 Å². The van der Waals surface area contributed by atoms with Crippen LogP contribution < -0.4 is 4.74 Å². The van der Waals surface area contributed by atoms with Crippen LogP contribution in [0.25, 0.3) is 0 Å². The first-order valence-corrected chi connectivity index (χ1v) is 10.0. The molecule has 2 heterocycles. The van der Waals surface area contributed by atoms with Gasteiger partial charge < -0.3 is 14.1 Å². The maximum absolute atomic E-state index is 12.7. The second-order valence-electron chi connectivity index (χ2n) is 5.90. The summed E-state index contributed by atoms with van der Waals surface area (Å²) < 4.78 is 34.4. The maximum atomic E-state index is 12.7. The molecule has 1 aromatic carbocycles. The Morgan fingerprint density at radius 2 is 2.16 bits per heavy atom. The van der Waals surface area contributed by atoms with E-state index in [-0.39, 0.29) is 36.6 Å². The lowest BCUT2D eigenvalue weighted by molar-refractivity contribution is -0.136. The number of benzene rings is 1. The summed E-state index contributed by atoms with van der Waals surface area (Å²) in [5, 5.41) is 0.513. The quantitative estimate of drug-likeness (QED) is 0.766. The summed E-state index contributed by atoms with van der Waals surface area (Å²) in [5.41, 5.74) is 0. The number of carbonyl (C=O) groups is 1. The fraction of sp³-hybridized carbons (Fsp3) is 0.353. The molecule has 3 rings (SSSR count). The third kappa shape index (κ3) is 4.76. The predicted octanol–water partition coefficient (Wildman–Crippen LogP) is 2.53. The number of ether oxygens (including phenoxy) is 1. The average Bonchev–Trinajstić information content (AvgIpc) is 3.19. The van der Waals surface area contributed by atoms with Crippen molar-refractivity contribution >= 4 is 27.3 Å². The smallest absolute Gasteiger partial charge is 0.261 e. The van der Waals surface area contributed by atoms with E-state index in [0.717, 1.165) is 0 Å². The largest absolute Gasteiger partial charge is 0.484 e. The Balaban J connectivity index is 1.70. The van der Waals surface area contributed by atoms with E-state index in [1.807, 2.05) is 0 Å². The molecule has 1 aliphatic rings. The first kappa shape index (κ1) is 17.8. The van der Waals surface area contributed by atoms with Gasteiger partial charge in [0.15, 0.2) is 16.4 Å². The number of furan rings is 1. The van der Waals surface area contributed by atoms with Crippen molar-refractivity contribution in [3.05, 3.63) is 53.4 Å². The van der Waals surface area contributed by atoms with Crippen LogP contribution in [0.1, 0.15) is 12.2 Å². The fourth-order valence-electron chi connectivity index (χ4n) is 2.80. The zero-order chi connectivity index (χ0) is 17.9. The van der Waals surface area contributed by atoms with E-state index in [1.165, 1.54) is 11.2 Å². The maximum Gasteiger partial charge on any atom is 0.261 e. The molecule has 1 aliphatic heterocycles. The Hall–Kier alpha value is -1.99. The van der Waals surface area contributed by atoms with Gasteiger partial charge in [0, 0.05) is 11.1 Å². The van der Waals surface area contributed by atoms with Gasteiger partial charge in [-0.2, -0.15) is 0 Å². The molecule has 0 aliphatic carbocycles. The molecule has 1 unspecified atom stereocenters. The van der Waals surface area contributed by atoms with E-state index in [2.05, 4.69) is 0 Å². The van der Waals surface area contributed by atoms with Gasteiger partial charge in [-0.15, -0.1) is 0 Å². The summed E-state index contributed by atoms with van der Waals surface area (Å²) in [4.78, 5) is 14.2. The molecule has 1 saturated heterocycles. The highest BCUT2D eigenvalue weighted by atomic mass is 35.5. The van der Waals surface area contributed by atoms with Crippen LogP contribution in [-0.2, 0) is 21.2 Å². The third-order valence-corrected chi connectivity index (χ3v) is 6.02. The van der Waals surface area contributed by atoms with Crippen molar-refractivity contribution in [1.82, 2.24) is 4.90 Å². The zero-order valence-corrected chi connectivity index (χ0v) is 15.0. The lowest BCUT2D eigenvalue weighted by atomic mass is 10.2. The monoisotopic (exact) mass is 383 g/mol. The van der Waals surface area contributed by atoms with E-state index >= 15 is 0 Å². The van der Waals surface area contributed by atoms with Crippen LogP contribution in [0.15, 0.2) is 47.1 Å².